The smallest absolute Gasteiger partial charge is 0.272 e. The zero-order valence-electron chi connectivity index (χ0n) is 10.5. The summed E-state index contributed by atoms with van der Waals surface area (Å²) < 4.78 is 28.7. The number of rotatable bonds is 7. The minimum absolute atomic E-state index is 0.0249. The maximum Gasteiger partial charge on any atom is 0.272 e. The molecule has 0 spiro atoms. The predicted molar refractivity (Wildman–Crippen MR) is 64.3 cm³/mol. The number of hydrogen-bond donors (Lipinski definition) is 2. The number of aromatic nitrogens is 1. The van der Waals surface area contributed by atoms with Gasteiger partial charge in [-0.25, -0.2) is 13.8 Å². The Morgan fingerprint density at radius 2 is 2.32 bits per heavy atom. The minimum Gasteiger partial charge on any atom is -0.472 e. The van der Waals surface area contributed by atoms with Crippen LogP contribution in [0.5, 0.6) is 5.88 Å². The first-order valence-electron chi connectivity index (χ1n) is 5.79. The fraction of sp³-hybridized carbons (Fsp3) is 0.500. The SMILES string of the molecule is CC(CO)CNC(=O)c1ccnc(OCC(F)F)c1. The minimum atomic E-state index is -2.59. The molecule has 1 aromatic rings. The van der Waals surface area contributed by atoms with Crippen LogP contribution in [0.15, 0.2) is 18.3 Å². The van der Waals surface area contributed by atoms with Crippen LogP contribution in [0.2, 0.25) is 0 Å². The highest BCUT2D eigenvalue weighted by Crippen LogP contribution is 2.10. The number of nitrogens with one attached hydrogen (secondary N) is 1. The van der Waals surface area contributed by atoms with Gasteiger partial charge in [0.05, 0.1) is 0 Å². The third kappa shape index (κ3) is 5.60. The van der Waals surface area contributed by atoms with Crippen molar-refractivity contribution in [2.75, 3.05) is 19.8 Å². The van der Waals surface area contributed by atoms with E-state index in [1.165, 1.54) is 18.3 Å². The lowest BCUT2D eigenvalue weighted by Crippen LogP contribution is -2.29. The fourth-order valence-electron chi connectivity index (χ4n) is 1.21. The number of alkyl halides is 2. The zero-order valence-corrected chi connectivity index (χ0v) is 10.5. The van der Waals surface area contributed by atoms with Crippen molar-refractivity contribution < 1.29 is 23.4 Å². The van der Waals surface area contributed by atoms with Gasteiger partial charge in [-0.2, -0.15) is 0 Å². The van der Waals surface area contributed by atoms with Crippen LogP contribution in [0, 0.1) is 5.92 Å². The number of ether oxygens (including phenoxy) is 1. The highest BCUT2D eigenvalue weighted by molar-refractivity contribution is 5.94. The molecule has 0 aliphatic carbocycles. The van der Waals surface area contributed by atoms with Gasteiger partial charge in [-0.05, 0) is 12.0 Å². The van der Waals surface area contributed by atoms with Crippen molar-refractivity contribution in [2.45, 2.75) is 13.3 Å². The van der Waals surface area contributed by atoms with Gasteiger partial charge in [0.25, 0.3) is 12.3 Å². The molecule has 1 heterocycles. The molecular weight excluding hydrogens is 258 g/mol. The lowest BCUT2D eigenvalue weighted by molar-refractivity contribution is 0.0794. The van der Waals surface area contributed by atoms with Gasteiger partial charge in [0.2, 0.25) is 5.88 Å². The Bertz CT molecular complexity index is 416. The molecule has 0 aliphatic heterocycles. The second-order valence-electron chi connectivity index (χ2n) is 4.08. The third-order valence-corrected chi connectivity index (χ3v) is 2.28. The van der Waals surface area contributed by atoms with Crippen molar-refractivity contribution in [1.29, 1.82) is 0 Å². The Balaban J connectivity index is 2.57. The van der Waals surface area contributed by atoms with E-state index in [0.717, 1.165) is 0 Å². The average molecular weight is 274 g/mol. The van der Waals surface area contributed by atoms with Gasteiger partial charge in [-0.1, -0.05) is 6.92 Å². The third-order valence-electron chi connectivity index (χ3n) is 2.28. The number of aliphatic hydroxyl groups excluding tert-OH is 1. The van der Waals surface area contributed by atoms with E-state index < -0.39 is 13.0 Å². The summed E-state index contributed by atoms with van der Waals surface area (Å²) in [6, 6.07) is 2.75. The Hall–Kier alpha value is -1.76. The van der Waals surface area contributed by atoms with Crippen molar-refractivity contribution in [3.8, 4) is 5.88 Å². The summed E-state index contributed by atoms with van der Waals surface area (Å²) >= 11 is 0. The number of carbonyl (C=O) groups is 1. The van der Waals surface area contributed by atoms with Gasteiger partial charge in [-0.15, -0.1) is 0 Å². The van der Waals surface area contributed by atoms with E-state index in [1.54, 1.807) is 6.92 Å². The highest BCUT2D eigenvalue weighted by atomic mass is 19.3. The maximum absolute atomic E-state index is 12.0. The molecule has 1 amide bonds. The zero-order chi connectivity index (χ0) is 14.3. The van der Waals surface area contributed by atoms with E-state index in [9.17, 15) is 13.6 Å². The summed E-state index contributed by atoms with van der Waals surface area (Å²) in [7, 11) is 0. The first-order chi connectivity index (χ1) is 9.02. The lowest BCUT2D eigenvalue weighted by atomic mass is 10.2. The number of nitrogens with zero attached hydrogens (tertiary/aromatic N) is 1. The standard InChI is InChI=1S/C12H16F2N2O3/c1-8(6-17)5-16-12(18)9-2-3-15-11(4-9)19-7-10(13)14/h2-4,8,10,17H,5-7H2,1H3,(H,16,18). The summed E-state index contributed by atoms with van der Waals surface area (Å²) in [5.74, 6) is -0.451. The molecule has 1 rings (SSSR count). The van der Waals surface area contributed by atoms with Crippen LogP contribution in [0.4, 0.5) is 8.78 Å². The van der Waals surface area contributed by atoms with Crippen molar-refractivity contribution in [3.05, 3.63) is 23.9 Å². The van der Waals surface area contributed by atoms with Crippen molar-refractivity contribution in [3.63, 3.8) is 0 Å². The molecule has 106 valence electrons. The second kappa shape index (κ2) is 7.63. The molecule has 0 saturated carbocycles. The monoisotopic (exact) mass is 274 g/mol. The van der Waals surface area contributed by atoms with E-state index in [0.29, 0.717) is 6.54 Å². The Morgan fingerprint density at radius 1 is 1.58 bits per heavy atom. The van der Waals surface area contributed by atoms with E-state index >= 15 is 0 Å². The topological polar surface area (TPSA) is 71.5 Å². The van der Waals surface area contributed by atoms with Crippen LogP contribution in [0.25, 0.3) is 0 Å². The van der Waals surface area contributed by atoms with Crippen LogP contribution in [0.1, 0.15) is 17.3 Å². The van der Waals surface area contributed by atoms with Gasteiger partial charge in [-0.3, -0.25) is 4.79 Å². The molecule has 0 bridgehead atoms. The predicted octanol–water partition coefficient (Wildman–Crippen LogP) is 1.08. The fourth-order valence-corrected chi connectivity index (χ4v) is 1.21. The Morgan fingerprint density at radius 3 is 2.95 bits per heavy atom. The van der Waals surface area contributed by atoms with E-state index in [2.05, 4.69) is 10.3 Å². The van der Waals surface area contributed by atoms with Crippen molar-refractivity contribution in [1.82, 2.24) is 10.3 Å². The number of carbonyl (C=O) groups excluding carboxylic acids is 1. The van der Waals surface area contributed by atoms with E-state index in [-0.39, 0.29) is 29.9 Å². The van der Waals surface area contributed by atoms with Gasteiger partial charge < -0.3 is 15.2 Å². The van der Waals surface area contributed by atoms with E-state index in [1.807, 2.05) is 0 Å². The maximum atomic E-state index is 12.0. The molecule has 1 unspecified atom stereocenters. The molecule has 1 aromatic heterocycles. The van der Waals surface area contributed by atoms with Gasteiger partial charge >= 0.3 is 0 Å². The molecular formula is C12H16F2N2O3. The highest BCUT2D eigenvalue weighted by Gasteiger charge is 2.10. The summed E-state index contributed by atoms with van der Waals surface area (Å²) in [6.07, 6.45) is -1.28. The van der Waals surface area contributed by atoms with Crippen LogP contribution >= 0.6 is 0 Å². The lowest BCUT2D eigenvalue weighted by Gasteiger charge is -2.10. The van der Waals surface area contributed by atoms with E-state index in [4.69, 9.17) is 9.84 Å². The summed E-state index contributed by atoms with van der Waals surface area (Å²) in [6.45, 7) is 1.31. The summed E-state index contributed by atoms with van der Waals surface area (Å²) in [5, 5.41) is 11.4. The molecule has 19 heavy (non-hydrogen) atoms. The quantitative estimate of drug-likeness (QED) is 0.780. The van der Waals surface area contributed by atoms with Crippen molar-refractivity contribution >= 4 is 5.91 Å². The molecule has 1 atom stereocenters. The molecule has 0 saturated heterocycles. The number of amides is 1. The second-order valence-corrected chi connectivity index (χ2v) is 4.08. The number of hydrogen-bond acceptors (Lipinski definition) is 4. The summed E-state index contributed by atoms with van der Waals surface area (Å²) in [5.41, 5.74) is 0.268. The molecule has 5 nitrogen and oxygen atoms in total. The molecule has 7 heteroatoms. The molecule has 2 N–H and O–H groups in total. The van der Waals surface area contributed by atoms with Crippen LogP contribution in [-0.2, 0) is 0 Å². The molecule has 0 aliphatic rings. The number of pyridine rings is 1. The normalized spacial score (nSPS) is 12.3. The largest absolute Gasteiger partial charge is 0.472 e. The Labute approximate surface area is 109 Å². The number of aliphatic hydroxyl groups is 1. The Kier molecular flexibility index (Phi) is 6.14. The molecule has 0 fully saturated rings. The van der Waals surface area contributed by atoms with Crippen molar-refractivity contribution in [2.24, 2.45) is 5.92 Å². The van der Waals surface area contributed by atoms with Gasteiger partial charge in [0, 0.05) is 31.0 Å². The first-order valence-corrected chi connectivity index (χ1v) is 5.79. The molecule has 0 aromatic carbocycles. The van der Waals surface area contributed by atoms with Gasteiger partial charge in [0.15, 0.2) is 6.61 Å². The number of halogens is 2. The van der Waals surface area contributed by atoms with Crippen LogP contribution in [-0.4, -0.2) is 42.2 Å². The van der Waals surface area contributed by atoms with Gasteiger partial charge in [0.1, 0.15) is 0 Å². The molecule has 0 radical (unpaired) electrons. The van der Waals surface area contributed by atoms with Crippen LogP contribution < -0.4 is 10.1 Å². The average Bonchev–Trinajstić information content (AvgIpc) is 2.42. The van der Waals surface area contributed by atoms with Crippen LogP contribution in [0.3, 0.4) is 0 Å². The first kappa shape index (κ1) is 15.3. The summed E-state index contributed by atoms with van der Waals surface area (Å²) in [4.78, 5) is 15.5.